The fraction of sp³-hybridized carbons (Fsp3) is 0.438. The first-order chi connectivity index (χ1) is 12.0. The largest absolute Gasteiger partial charge is 0.493 e. The smallest absolute Gasteiger partial charge is 0.257 e. The number of thiocarbonyl (C=S) groups is 1. The van der Waals surface area contributed by atoms with Gasteiger partial charge in [-0.2, -0.15) is 0 Å². The molecule has 4 N–H and O–H groups in total. The fourth-order valence-electron chi connectivity index (χ4n) is 1.91. The van der Waals surface area contributed by atoms with Crippen molar-refractivity contribution in [1.29, 1.82) is 0 Å². The van der Waals surface area contributed by atoms with Crippen molar-refractivity contribution in [2.45, 2.75) is 19.9 Å². The molecule has 1 atom stereocenters. The monoisotopic (exact) mass is 368 g/mol. The highest BCUT2D eigenvalue weighted by atomic mass is 32.1. The molecular formula is C16H24N4O4S. The number of carbonyl (C=O) groups is 2. The zero-order valence-electron chi connectivity index (χ0n) is 14.5. The number of amides is 2. The van der Waals surface area contributed by atoms with Gasteiger partial charge in [0, 0.05) is 13.2 Å². The number of para-hydroxylation sites is 1. The first kappa shape index (κ1) is 20.7. The van der Waals surface area contributed by atoms with E-state index in [0.29, 0.717) is 24.5 Å². The van der Waals surface area contributed by atoms with E-state index in [0.717, 1.165) is 0 Å². The number of ether oxygens (including phenoxy) is 2. The Labute approximate surface area is 152 Å². The summed E-state index contributed by atoms with van der Waals surface area (Å²) < 4.78 is 10.4. The molecule has 0 radical (unpaired) electrons. The Kier molecular flexibility index (Phi) is 9.26. The van der Waals surface area contributed by atoms with Crippen LogP contribution >= 0.6 is 12.2 Å². The van der Waals surface area contributed by atoms with Crippen LogP contribution in [-0.4, -0.2) is 49.8 Å². The molecule has 0 aliphatic heterocycles. The topological polar surface area (TPSA) is 101 Å². The van der Waals surface area contributed by atoms with Gasteiger partial charge in [-0.1, -0.05) is 12.1 Å². The maximum Gasteiger partial charge on any atom is 0.257 e. The van der Waals surface area contributed by atoms with Gasteiger partial charge >= 0.3 is 0 Å². The molecule has 0 aliphatic carbocycles. The fourth-order valence-corrected chi connectivity index (χ4v) is 2.17. The molecule has 1 rings (SSSR count). The van der Waals surface area contributed by atoms with Crippen LogP contribution in [0.1, 0.15) is 24.2 Å². The van der Waals surface area contributed by atoms with Crippen LogP contribution < -0.4 is 26.2 Å². The van der Waals surface area contributed by atoms with Crippen LogP contribution in [0.5, 0.6) is 5.75 Å². The Morgan fingerprint density at radius 1 is 1.24 bits per heavy atom. The number of hydrogen-bond donors (Lipinski definition) is 4. The van der Waals surface area contributed by atoms with Crippen LogP contribution in [0.2, 0.25) is 0 Å². The summed E-state index contributed by atoms with van der Waals surface area (Å²) in [5.41, 5.74) is 5.32. The van der Waals surface area contributed by atoms with Gasteiger partial charge in [-0.15, -0.1) is 0 Å². The number of hydrazine groups is 1. The number of carbonyl (C=O) groups excluding carboxylic acids is 2. The molecule has 25 heavy (non-hydrogen) atoms. The number of rotatable bonds is 8. The zero-order valence-corrected chi connectivity index (χ0v) is 15.4. The van der Waals surface area contributed by atoms with Crippen molar-refractivity contribution >= 4 is 29.1 Å². The minimum atomic E-state index is -0.439. The Balaban J connectivity index is 2.39. The summed E-state index contributed by atoms with van der Waals surface area (Å²) in [7, 11) is 1.59. The maximum absolute atomic E-state index is 12.2. The summed E-state index contributed by atoms with van der Waals surface area (Å²) in [5, 5.41) is 5.71. The van der Waals surface area contributed by atoms with Crippen LogP contribution in [0.3, 0.4) is 0 Å². The summed E-state index contributed by atoms with van der Waals surface area (Å²) in [6.45, 7) is 4.43. The lowest BCUT2D eigenvalue weighted by molar-refractivity contribution is -0.120. The van der Waals surface area contributed by atoms with Gasteiger partial charge in [-0.05, 0) is 38.2 Å². The van der Waals surface area contributed by atoms with Crippen LogP contribution in [0.15, 0.2) is 24.3 Å². The molecule has 9 heteroatoms. The number of hydrogen-bond acceptors (Lipinski definition) is 5. The highest BCUT2D eigenvalue weighted by Gasteiger charge is 2.13. The van der Waals surface area contributed by atoms with Crippen molar-refractivity contribution in [3.8, 4) is 5.75 Å². The first-order valence-electron chi connectivity index (χ1n) is 7.82. The van der Waals surface area contributed by atoms with Crippen molar-refractivity contribution in [1.82, 2.24) is 21.5 Å². The predicted octanol–water partition coefficient (Wildman–Crippen LogP) is 0.345. The highest BCUT2D eigenvalue weighted by Crippen LogP contribution is 2.17. The highest BCUT2D eigenvalue weighted by molar-refractivity contribution is 7.80. The van der Waals surface area contributed by atoms with Crippen molar-refractivity contribution < 1.29 is 19.1 Å². The van der Waals surface area contributed by atoms with Gasteiger partial charge in [-0.3, -0.25) is 20.4 Å². The SMILES string of the molecule is CCOc1ccccc1C(=O)NCC(=O)NNC(=S)N[C@@H](C)COC. The van der Waals surface area contributed by atoms with Gasteiger partial charge in [0.25, 0.3) is 11.8 Å². The van der Waals surface area contributed by atoms with Crippen molar-refractivity contribution in [3.05, 3.63) is 29.8 Å². The molecule has 8 nitrogen and oxygen atoms in total. The molecule has 1 aromatic carbocycles. The third-order valence-electron chi connectivity index (χ3n) is 2.95. The third kappa shape index (κ3) is 7.81. The lowest BCUT2D eigenvalue weighted by atomic mass is 10.2. The van der Waals surface area contributed by atoms with E-state index < -0.39 is 11.8 Å². The second-order valence-electron chi connectivity index (χ2n) is 5.11. The summed E-state index contributed by atoms with van der Waals surface area (Å²) in [6, 6.07) is 6.83. The van der Waals surface area contributed by atoms with E-state index >= 15 is 0 Å². The quantitative estimate of drug-likeness (QED) is 0.388. The predicted molar refractivity (Wildman–Crippen MR) is 98.3 cm³/mol. The Bertz CT molecular complexity index is 597. The van der Waals surface area contributed by atoms with Crippen LogP contribution in [0.25, 0.3) is 0 Å². The van der Waals surface area contributed by atoms with E-state index in [1.807, 2.05) is 13.8 Å². The second kappa shape index (κ2) is 11.2. The van der Waals surface area contributed by atoms with Gasteiger partial charge in [0.2, 0.25) is 0 Å². The molecule has 0 fully saturated rings. The van der Waals surface area contributed by atoms with Gasteiger partial charge in [0.15, 0.2) is 5.11 Å². The van der Waals surface area contributed by atoms with Gasteiger partial charge in [0.1, 0.15) is 5.75 Å². The van der Waals surface area contributed by atoms with Gasteiger partial charge in [0.05, 0.1) is 25.3 Å². The Hall–Kier alpha value is -2.39. The number of methoxy groups -OCH3 is 1. The van der Waals surface area contributed by atoms with E-state index in [9.17, 15) is 9.59 Å². The van der Waals surface area contributed by atoms with Crippen molar-refractivity contribution in [2.75, 3.05) is 26.9 Å². The maximum atomic E-state index is 12.2. The van der Waals surface area contributed by atoms with E-state index in [1.54, 1.807) is 31.4 Å². The zero-order chi connectivity index (χ0) is 18.7. The van der Waals surface area contributed by atoms with Crippen LogP contribution in [-0.2, 0) is 9.53 Å². The summed E-state index contributed by atoms with van der Waals surface area (Å²) >= 11 is 5.02. The standard InChI is InChI=1S/C16H24N4O4S/c1-4-24-13-8-6-5-7-12(13)15(22)17-9-14(21)19-20-16(25)18-11(2)10-23-3/h5-8,11H,4,9-10H2,1-3H3,(H,17,22)(H,19,21)(H2,18,20,25)/t11-/m0/s1. The number of benzene rings is 1. The minimum absolute atomic E-state index is 0.00308. The first-order valence-corrected chi connectivity index (χ1v) is 8.23. The molecule has 2 amide bonds. The second-order valence-corrected chi connectivity index (χ2v) is 5.52. The lowest BCUT2D eigenvalue weighted by Crippen LogP contribution is -2.52. The summed E-state index contributed by atoms with van der Waals surface area (Å²) in [6.07, 6.45) is 0. The average Bonchev–Trinajstić information content (AvgIpc) is 2.58. The van der Waals surface area contributed by atoms with E-state index in [1.165, 1.54) is 0 Å². The molecule has 138 valence electrons. The molecule has 0 heterocycles. The molecule has 0 bridgehead atoms. The van der Waals surface area contributed by atoms with E-state index in [4.69, 9.17) is 21.7 Å². The normalized spacial score (nSPS) is 11.2. The van der Waals surface area contributed by atoms with Gasteiger partial charge < -0.3 is 20.1 Å². The Morgan fingerprint density at radius 2 is 1.96 bits per heavy atom. The molecule has 0 aromatic heterocycles. The molecular weight excluding hydrogens is 344 g/mol. The van der Waals surface area contributed by atoms with Gasteiger partial charge in [-0.25, -0.2) is 0 Å². The number of nitrogens with one attached hydrogen (secondary N) is 4. The van der Waals surface area contributed by atoms with Crippen molar-refractivity contribution in [3.63, 3.8) is 0 Å². The van der Waals surface area contributed by atoms with E-state index in [2.05, 4.69) is 21.5 Å². The molecule has 0 saturated carbocycles. The molecule has 0 spiro atoms. The summed E-state index contributed by atoms with van der Waals surface area (Å²) in [5.74, 6) is -0.363. The van der Waals surface area contributed by atoms with Crippen molar-refractivity contribution in [2.24, 2.45) is 0 Å². The Morgan fingerprint density at radius 3 is 2.64 bits per heavy atom. The van der Waals surface area contributed by atoms with Crippen LogP contribution in [0, 0.1) is 0 Å². The minimum Gasteiger partial charge on any atom is -0.493 e. The summed E-state index contributed by atoms with van der Waals surface area (Å²) in [4.78, 5) is 23.9. The van der Waals surface area contributed by atoms with Crippen LogP contribution in [0.4, 0.5) is 0 Å². The lowest BCUT2D eigenvalue weighted by Gasteiger charge is -2.16. The molecule has 0 saturated heterocycles. The third-order valence-corrected chi connectivity index (χ3v) is 3.17. The average molecular weight is 368 g/mol. The molecule has 0 unspecified atom stereocenters. The molecule has 0 aliphatic rings. The van der Waals surface area contributed by atoms with E-state index in [-0.39, 0.29) is 17.7 Å². The molecule has 1 aromatic rings.